The molecule has 0 aliphatic heterocycles. The molecule has 0 saturated heterocycles. The van der Waals surface area contributed by atoms with Gasteiger partial charge in [-0.2, -0.15) is 0 Å². The van der Waals surface area contributed by atoms with Crippen molar-refractivity contribution in [1.82, 2.24) is 0 Å². The number of carbonyl (C=O) groups excluding carboxylic acids is 4. The van der Waals surface area contributed by atoms with Gasteiger partial charge in [0.2, 0.25) is 0 Å². The van der Waals surface area contributed by atoms with Crippen molar-refractivity contribution >= 4 is 39.5 Å². The number of phosphoric ester groups is 2. The maximum absolute atomic E-state index is 13.0. The van der Waals surface area contributed by atoms with E-state index in [1.54, 1.807) is 0 Å². The van der Waals surface area contributed by atoms with Gasteiger partial charge in [-0.25, -0.2) is 9.13 Å². The van der Waals surface area contributed by atoms with E-state index in [1.165, 1.54) is 186 Å². The SMILES string of the molecule is CCCCCCCCCCCCCCCCCC(=O)O[C@H](COC(=O)CCCCCCCCCCCCCCC)COP(=O)(O)OC[C@@H](O)COP(=O)(O)OC[C@@H](COC(=O)CCCCCCCCCC)OC(=O)CCCCCCCCCCCCCC. The minimum Gasteiger partial charge on any atom is -0.462 e. The van der Waals surface area contributed by atoms with Crippen LogP contribution in [0.15, 0.2) is 0 Å². The Morgan fingerprint density at radius 2 is 0.455 bits per heavy atom. The Kier molecular flexibility index (Phi) is 62.4. The van der Waals surface area contributed by atoms with Crippen molar-refractivity contribution in [2.75, 3.05) is 39.6 Å². The first-order chi connectivity index (χ1) is 42.7. The van der Waals surface area contributed by atoms with Crippen LogP contribution in [0.2, 0.25) is 0 Å². The van der Waals surface area contributed by atoms with E-state index in [-0.39, 0.29) is 25.7 Å². The van der Waals surface area contributed by atoms with Gasteiger partial charge in [0.05, 0.1) is 26.4 Å². The van der Waals surface area contributed by atoms with Crippen molar-refractivity contribution in [1.29, 1.82) is 0 Å². The van der Waals surface area contributed by atoms with Gasteiger partial charge < -0.3 is 33.8 Å². The van der Waals surface area contributed by atoms with Crippen molar-refractivity contribution in [2.24, 2.45) is 0 Å². The number of hydrogen-bond acceptors (Lipinski definition) is 15. The molecule has 0 radical (unpaired) electrons. The smallest absolute Gasteiger partial charge is 0.462 e. The molecule has 0 saturated carbocycles. The van der Waals surface area contributed by atoms with Crippen molar-refractivity contribution in [3.05, 3.63) is 0 Å². The minimum absolute atomic E-state index is 0.108. The molecule has 0 aromatic rings. The molecule has 0 spiro atoms. The number of rotatable bonds is 70. The topological polar surface area (TPSA) is 237 Å². The van der Waals surface area contributed by atoms with Gasteiger partial charge in [0, 0.05) is 25.7 Å². The molecule has 0 fully saturated rings. The Morgan fingerprint density at radius 3 is 0.670 bits per heavy atom. The van der Waals surface area contributed by atoms with Crippen LogP contribution in [0.5, 0.6) is 0 Å². The van der Waals surface area contributed by atoms with E-state index >= 15 is 0 Å². The summed E-state index contributed by atoms with van der Waals surface area (Å²) in [6, 6.07) is 0. The van der Waals surface area contributed by atoms with Gasteiger partial charge in [0.15, 0.2) is 12.2 Å². The van der Waals surface area contributed by atoms with Crippen LogP contribution in [0, 0.1) is 0 Å². The maximum atomic E-state index is 13.0. The quantitative estimate of drug-likeness (QED) is 0.0222. The van der Waals surface area contributed by atoms with Gasteiger partial charge >= 0.3 is 39.5 Å². The highest BCUT2D eigenvalue weighted by Gasteiger charge is 2.30. The largest absolute Gasteiger partial charge is 0.472 e. The molecule has 522 valence electrons. The van der Waals surface area contributed by atoms with Gasteiger partial charge in [-0.1, -0.05) is 310 Å². The van der Waals surface area contributed by atoms with Crippen LogP contribution in [0.4, 0.5) is 0 Å². The van der Waals surface area contributed by atoms with Crippen molar-refractivity contribution in [2.45, 2.75) is 380 Å². The van der Waals surface area contributed by atoms with Crippen molar-refractivity contribution in [3.8, 4) is 0 Å². The predicted octanol–water partition coefficient (Wildman–Crippen LogP) is 19.9. The summed E-state index contributed by atoms with van der Waals surface area (Å²) in [6.45, 7) is 4.92. The van der Waals surface area contributed by atoms with Gasteiger partial charge in [0.1, 0.15) is 19.3 Å². The zero-order valence-electron chi connectivity index (χ0n) is 56.7. The second kappa shape index (κ2) is 63.8. The predicted molar refractivity (Wildman–Crippen MR) is 354 cm³/mol. The summed E-state index contributed by atoms with van der Waals surface area (Å²) in [5, 5.41) is 10.6. The molecule has 19 heteroatoms. The first kappa shape index (κ1) is 86.1. The summed E-state index contributed by atoms with van der Waals surface area (Å²) in [4.78, 5) is 72.4. The lowest BCUT2D eigenvalue weighted by atomic mass is 10.0. The number of aliphatic hydroxyl groups is 1. The number of unbranched alkanes of at least 4 members (excludes halogenated alkanes) is 44. The standard InChI is InChI=1S/C69H134O17P2/c1-5-9-13-17-21-25-28-31-32-34-37-40-44-48-52-56-69(74)86-65(60-80-67(72)54-50-46-42-38-36-33-29-26-22-18-14-10-6-2)62-84-88(77,78)82-58-63(70)57-81-87(75,76)83-61-64(59-79-66(71)53-49-45-41-24-20-16-12-8-4)85-68(73)55-51-47-43-39-35-30-27-23-19-15-11-7-3/h63-65,70H,5-62H2,1-4H3,(H,75,76)(H,77,78)/t63-,64+,65+/m0/s1. The highest BCUT2D eigenvalue weighted by molar-refractivity contribution is 7.47. The normalized spacial score (nSPS) is 14.0. The first-order valence-electron chi connectivity index (χ1n) is 36.3. The molecule has 0 aromatic heterocycles. The monoisotopic (exact) mass is 1300 g/mol. The van der Waals surface area contributed by atoms with Crippen LogP contribution in [-0.2, 0) is 65.4 Å². The summed E-state index contributed by atoms with van der Waals surface area (Å²) < 4.78 is 68.2. The van der Waals surface area contributed by atoms with Crippen molar-refractivity contribution in [3.63, 3.8) is 0 Å². The maximum Gasteiger partial charge on any atom is 0.472 e. The molecule has 3 N–H and O–H groups in total. The van der Waals surface area contributed by atoms with E-state index in [0.717, 1.165) is 96.3 Å². The molecule has 17 nitrogen and oxygen atoms in total. The summed E-state index contributed by atoms with van der Waals surface area (Å²) in [7, 11) is -9.89. The van der Waals surface area contributed by atoms with E-state index < -0.39 is 97.5 Å². The van der Waals surface area contributed by atoms with Crippen LogP contribution in [0.3, 0.4) is 0 Å². The lowest BCUT2D eigenvalue weighted by molar-refractivity contribution is -0.161. The Bertz CT molecular complexity index is 1690. The molecule has 0 amide bonds. The van der Waals surface area contributed by atoms with E-state index in [9.17, 15) is 43.2 Å². The zero-order chi connectivity index (χ0) is 64.7. The minimum atomic E-state index is -4.95. The van der Waals surface area contributed by atoms with Gasteiger partial charge in [-0.15, -0.1) is 0 Å². The third kappa shape index (κ3) is 62.8. The average Bonchev–Trinajstić information content (AvgIpc) is 3.70. The number of hydrogen-bond donors (Lipinski definition) is 3. The van der Waals surface area contributed by atoms with Crippen LogP contribution in [0.25, 0.3) is 0 Å². The number of phosphoric acid groups is 2. The van der Waals surface area contributed by atoms with Gasteiger partial charge in [-0.05, 0) is 25.7 Å². The Balaban J connectivity index is 5.22. The summed E-state index contributed by atoms with van der Waals surface area (Å²) in [6.07, 6.45) is 51.2. The van der Waals surface area contributed by atoms with Gasteiger partial charge in [-0.3, -0.25) is 37.3 Å². The van der Waals surface area contributed by atoms with Crippen LogP contribution in [0.1, 0.15) is 362 Å². The first-order valence-corrected chi connectivity index (χ1v) is 39.3. The third-order valence-corrected chi connectivity index (χ3v) is 18.0. The van der Waals surface area contributed by atoms with E-state index in [1.807, 2.05) is 0 Å². The summed E-state index contributed by atoms with van der Waals surface area (Å²) >= 11 is 0. The summed E-state index contributed by atoms with van der Waals surface area (Å²) in [5.41, 5.74) is 0. The Hall–Kier alpha value is -1.94. The number of aliphatic hydroxyl groups excluding tert-OH is 1. The van der Waals surface area contributed by atoms with Crippen LogP contribution in [-0.4, -0.2) is 96.7 Å². The zero-order valence-corrected chi connectivity index (χ0v) is 58.5. The molecular weight excluding hydrogens is 1160 g/mol. The average molecular weight is 1300 g/mol. The van der Waals surface area contributed by atoms with E-state index in [0.29, 0.717) is 25.7 Å². The molecule has 2 unspecified atom stereocenters. The number of carbonyl (C=O) groups is 4. The fourth-order valence-corrected chi connectivity index (χ4v) is 12.1. The van der Waals surface area contributed by atoms with Crippen LogP contribution < -0.4 is 0 Å². The fraction of sp³-hybridized carbons (Fsp3) is 0.942. The molecule has 5 atom stereocenters. The van der Waals surface area contributed by atoms with Crippen LogP contribution >= 0.6 is 15.6 Å². The Labute approximate surface area is 537 Å². The number of ether oxygens (including phenoxy) is 4. The van der Waals surface area contributed by atoms with E-state index in [4.69, 9.17) is 37.0 Å². The van der Waals surface area contributed by atoms with Gasteiger partial charge in [0.25, 0.3) is 0 Å². The molecule has 0 bridgehead atoms. The lowest BCUT2D eigenvalue weighted by Crippen LogP contribution is -2.30. The Morgan fingerprint density at radius 1 is 0.273 bits per heavy atom. The van der Waals surface area contributed by atoms with E-state index in [2.05, 4.69) is 27.7 Å². The lowest BCUT2D eigenvalue weighted by Gasteiger charge is -2.21. The number of esters is 4. The highest BCUT2D eigenvalue weighted by Crippen LogP contribution is 2.45. The molecule has 0 aromatic carbocycles. The second-order valence-electron chi connectivity index (χ2n) is 24.9. The third-order valence-electron chi connectivity index (χ3n) is 16.1. The molecule has 88 heavy (non-hydrogen) atoms. The van der Waals surface area contributed by atoms with Crippen molar-refractivity contribution < 1.29 is 80.2 Å². The molecular formula is C69H134O17P2. The second-order valence-corrected chi connectivity index (χ2v) is 27.8. The molecule has 0 heterocycles. The summed E-state index contributed by atoms with van der Waals surface area (Å²) in [5.74, 6) is -2.12. The molecule has 0 aliphatic rings. The fourth-order valence-electron chi connectivity index (χ4n) is 10.5. The highest BCUT2D eigenvalue weighted by atomic mass is 31.2. The molecule has 0 aliphatic carbocycles. The molecule has 0 rings (SSSR count).